The van der Waals surface area contributed by atoms with Crippen LogP contribution in [0.3, 0.4) is 0 Å². The average molecular weight is 392 g/mol. The molecule has 5 nitrogen and oxygen atoms in total. The first-order valence-corrected chi connectivity index (χ1v) is 9.92. The van der Waals surface area contributed by atoms with Crippen LogP contribution in [-0.2, 0) is 6.42 Å². The minimum absolute atomic E-state index is 0.0915. The second kappa shape index (κ2) is 7.39. The van der Waals surface area contributed by atoms with Gasteiger partial charge in [0.1, 0.15) is 17.1 Å². The molecule has 1 saturated carbocycles. The molecule has 0 bridgehead atoms. The van der Waals surface area contributed by atoms with Crippen LogP contribution in [0.1, 0.15) is 64.4 Å². The van der Waals surface area contributed by atoms with Crippen LogP contribution in [0.2, 0.25) is 0 Å². The summed E-state index contributed by atoms with van der Waals surface area (Å²) in [7, 11) is 1.68. The van der Waals surface area contributed by atoms with E-state index in [-0.39, 0.29) is 22.8 Å². The first kappa shape index (κ1) is 19.2. The van der Waals surface area contributed by atoms with Gasteiger partial charge in [-0.1, -0.05) is 31.5 Å². The molecule has 1 heterocycles. The third kappa shape index (κ3) is 3.31. The van der Waals surface area contributed by atoms with E-state index in [1.165, 1.54) is 12.1 Å². The number of methoxy groups -OCH3 is 1. The van der Waals surface area contributed by atoms with Gasteiger partial charge in [0.25, 0.3) is 0 Å². The minimum atomic E-state index is -1.05. The van der Waals surface area contributed by atoms with Crippen LogP contribution < -0.4 is 10.2 Å². The lowest BCUT2D eigenvalue weighted by atomic mass is 9.99. The third-order valence-corrected chi connectivity index (χ3v) is 5.74. The van der Waals surface area contributed by atoms with Gasteiger partial charge in [0, 0.05) is 11.5 Å². The fourth-order valence-electron chi connectivity index (χ4n) is 4.24. The van der Waals surface area contributed by atoms with E-state index in [1.54, 1.807) is 13.2 Å². The van der Waals surface area contributed by atoms with Gasteiger partial charge in [-0.05, 0) is 55.0 Å². The Hall–Kier alpha value is -3.08. The maximum absolute atomic E-state index is 13.2. The molecule has 1 fully saturated rings. The summed E-state index contributed by atoms with van der Waals surface area (Å²) in [5, 5.41) is 9.58. The summed E-state index contributed by atoms with van der Waals surface area (Å²) < 4.78 is 11.8. The Morgan fingerprint density at radius 1 is 1.24 bits per heavy atom. The van der Waals surface area contributed by atoms with Crippen LogP contribution in [0.15, 0.2) is 45.6 Å². The van der Waals surface area contributed by atoms with Gasteiger partial charge in [-0.3, -0.25) is 4.79 Å². The van der Waals surface area contributed by atoms with Crippen LogP contribution in [0.5, 0.6) is 5.75 Å². The highest BCUT2D eigenvalue weighted by atomic mass is 16.5. The van der Waals surface area contributed by atoms with Gasteiger partial charge in [0.05, 0.1) is 18.1 Å². The molecule has 4 rings (SSSR count). The van der Waals surface area contributed by atoms with Crippen LogP contribution in [0, 0.1) is 6.92 Å². The number of ether oxygens (including phenoxy) is 1. The summed E-state index contributed by atoms with van der Waals surface area (Å²) in [5.41, 5.74) is 3.31. The van der Waals surface area contributed by atoms with Crippen molar-refractivity contribution in [3.63, 3.8) is 0 Å². The predicted octanol–water partition coefficient (Wildman–Crippen LogP) is 5.03. The van der Waals surface area contributed by atoms with Crippen molar-refractivity contribution in [3.8, 4) is 5.75 Å². The van der Waals surface area contributed by atoms with E-state index < -0.39 is 5.97 Å². The fourth-order valence-corrected chi connectivity index (χ4v) is 4.24. The maximum atomic E-state index is 13.2. The molecule has 1 aromatic heterocycles. The number of fused-ring (bicyclic) bond motifs is 1. The molecular formula is C24H24O5. The third-order valence-electron chi connectivity index (χ3n) is 5.74. The van der Waals surface area contributed by atoms with Gasteiger partial charge in [0.2, 0.25) is 0 Å². The normalized spacial score (nSPS) is 18.0. The molecule has 2 unspecified atom stereocenters. The quantitative estimate of drug-likeness (QED) is 0.636. The Morgan fingerprint density at radius 3 is 2.72 bits per heavy atom. The molecule has 2 aromatic carbocycles. The van der Waals surface area contributed by atoms with Crippen LogP contribution in [0.4, 0.5) is 0 Å². The van der Waals surface area contributed by atoms with Crippen molar-refractivity contribution in [2.75, 3.05) is 7.11 Å². The molecular weight excluding hydrogens is 368 g/mol. The highest BCUT2D eigenvalue weighted by Gasteiger charge is 2.45. The minimum Gasteiger partial charge on any atom is -0.496 e. The van der Waals surface area contributed by atoms with Crippen molar-refractivity contribution < 1.29 is 19.1 Å². The van der Waals surface area contributed by atoms with Crippen LogP contribution in [0.25, 0.3) is 11.0 Å². The average Bonchev–Trinajstić information content (AvgIpc) is 3.50. The van der Waals surface area contributed by atoms with Crippen molar-refractivity contribution in [1.29, 1.82) is 0 Å². The SMILES string of the molecule is CCCc1c(C2CC2c2cccc(C)c2OC)oc2ccc(C(=O)O)cc2c1=O. The first-order valence-electron chi connectivity index (χ1n) is 9.92. The number of hydrogen-bond acceptors (Lipinski definition) is 4. The van der Waals surface area contributed by atoms with Gasteiger partial charge < -0.3 is 14.3 Å². The topological polar surface area (TPSA) is 76.7 Å². The molecule has 0 saturated heterocycles. The Morgan fingerprint density at radius 2 is 2.03 bits per heavy atom. The van der Waals surface area contributed by atoms with Crippen molar-refractivity contribution in [2.24, 2.45) is 0 Å². The van der Waals surface area contributed by atoms with Crippen molar-refractivity contribution >= 4 is 16.9 Å². The van der Waals surface area contributed by atoms with Gasteiger partial charge >= 0.3 is 5.97 Å². The molecule has 1 aliphatic carbocycles. The lowest BCUT2D eigenvalue weighted by molar-refractivity contribution is 0.0697. The highest BCUT2D eigenvalue weighted by molar-refractivity contribution is 5.92. The predicted molar refractivity (Wildman–Crippen MR) is 111 cm³/mol. The number of rotatable bonds is 6. The fraction of sp³-hybridized carbons (Fsp3) is 0.333. The van der Waals surface area contributed by atoms with E-state index >= 15 is 0 Å². The van der Waals surface area contributed by atoms with E-state index in [2.05, 4.69) is 6.07 Å². The van der Waals surface area contributed by atoms with Gasteiger partial charge in [-0.15, -0.1) is 0 Å². The van der Waals surface area contributed by atoms with Gasteiger partial charge in [-0.25, -0.2) is 4.79 Å². The van der Waals surface area contributed by atoms with E-state index in [1.807, 2.05) is 26.0 Å². The maximum Gasteiger partial charge on any atom is 0.335 e. The Balaban J connectivity index is 1.81. The molecule has 0 spiro atoms. The zero-order valence-corrected chi connectivity index (χ0v) is 16.8. The van der Waals surface area contributed by atoms with E-state index in [0.717, 1.165) is 35.5 Å². The molecule has 29 heavy (non-hydrogen) atoms. The molecule has 0 aliphatic heterocycles. The van der Waals surface area contributed by atoms with Crippen molar-refractivity contribution in [3.05, 3.63) is 74.6 Å². The zero-order valence-electron chi connectivity index (χ0n) is 16.8. The number of aryl methyl sites for hydroxylation is 1. The number of carboxylic acids is 1. The van der Waals surface area contributed by atoms with Crippen molar-refractivity contribution in [1.82, 2.24) is 0 Å². The molecule has 0 amide bonds. The summed E-state index contributed by atoms with van der Waals surface area (Å²) >= 11 is 0. The number of benzene rings is 2. The Bertz CT molecular complexity index is 1160. The number of aromatic carboxylic acids is 1. The number of carboxylic acid groups (broad SMARTS) is 1. The summed E-state index contributed by atoms with van der Waals surface area (Å²) in [5.74, 6) is 0.955. The summed E-state index contributed by atoms with van der Waals surface area (Å²) in [6, 6.07) is 10.6. The molecule has 2 atom stereocenters. The van der Waals surface area contributed by atoms with Gasteiger partial charge in [-0.2, -0.15) is 0 Å². The molecule has 0 radical (unpaired) electrons. The Labute approximate surface area is 168 Å². The van der Waals surface area contributed by atoms with E-state index in [0.29, 0.717) is 23.0 Å². The number of hydrogen-bond donors (Lipinski definition) is 1. The second-order valence-electron chi connectivity index (χ2n) is 7.69. The van der Waals surface area contributed by atoms with E-state index in [9.17, 15) is 14.7 Å². The summed E-state index contributed by atoms with van der Waals surface area (Å²) in [6.45, 7) is 4.05. The Kier molecular flexibility index (Phi) is 4.91. The second-order valence-corrected chi connectivity index (χ2v) is 7.69. The van der Waals surface area contributed by atoms with Crippen LogP contribution in [-0.4, -0.2) is 18.2 Å². The molecule has 1 N–H and O–H groups in total. The molecule has 1 aliphatic rings. The highest BCUT2D eigenvalue weighted by Crippen LogP contribution is 2.57. The molecule has 150 valence electrons. The molecule has 5 heteroatoms. The smallest absolute Gasteiger partial charge is 0.335 e. The number of para-hydroxylation sites is 1. The largest absolute Gasteiger partial charge is 0.496 e. The molecule has 3 aromatic rings. The lowest BCUT2D eigenvalue weighted by Gasteiger charge is -2.13. The zero-order chi connectivity index (χ0) is 20.7. The first-order chi connectivity index (χ1) is 14.0. The summed E-state index contributed by atoms with van der Waals surface area (Å²) in [4.78, 5) is 24.5. The summed E-state index contributed by atoms with van der Waals surface area (Å²) in [6.07, 6.45) is 2.32. The monoisotopic (exact) mass is 392 g/mol. The van der Waals surface area contributed by atoms with Gasteiger partial charge in [0.15, 0.2) is 5.43 Å². The van der Waals surface area contributed by atoms with Crippen molar-refractivity contribution in [2.45, 2.75) is 44.9 Å². The standard InChI is InChI=1S/C24H24O5/c1-4-6-16-21(25)19-11-14(24(26)27)9-10-20(19)29-23(16)18-12-17(18)15-8-5-7-13(2)22(15)28-3/h5,7-11,17-18H,4,6,12H2,1-3H3,(H,26,27). The van der Waals surface area contributed by atoms with E-state index in [4.69, 9.17) is 9.15 Å². The van der Waals surface area contributed by atoms with Crippen LogP contribution >= 0.6 is 0 Å². The lowest BCUT2D eigenvalue weighted by Crippen LogP contribution is -2.13. The number of carbonyl (C=O) groups is 1.